The number of aryl methyl sites for hydroxylation is 2. The van der Waals surface area contributed by atoms with Gasteiger partial charge in [0.2, 0.25) is 0 Å². The molecule has 2 heterocycles. The van der Waals surface area contributed by atoms with Gasteiger partial charge in [0.25, 0.3) is 0 Å². The maximum Gasteiger partial charge on any atom is 0.151 e. The number of imidazole rings is 1. The quantitative estimate of drug-likeness (QED) is 0.626. The number of hydrogen-bond donors (Lipinski definition) is 0. The number of thiophene rings is 1. The fourth-order valence-corrected chi connectivity index (χ4v) is 3.58. The van der Waals surface area contributed by atoms with Crippen LogP contribution in [0.15, 0.2) is 30.3 Å². The van der Waals surface area contributed by atoms with E-state index in [4.69, 9.17) is 11.6 Å². The summed E-state index contributed by atoms with van der Waals surface area (Å²) in [4.78, 5) is 7.05. The van der Waals surface area contributed by atoms with Crippen LogP contribution in [0.1, 0.15) is 22.5 Å². The van der Waals surface area contributed by atoms with E-state index in [9.17, 15) is 4.39 Å². The number of hydrogen-bond acceptors (Lipinski definition) is 2. The summed E-state index contributed by atoms with van der Waals surface area (Å²) in [7, 11) is 0. The maximum absolute atomic E-state index is 13.9. The zero-order valence-corrected chi connectivity index (χ0v) is 13.3. The second-order valence-electron chi connectivity index (χ2n) is 4.88. The Morgan fingerprint density at radius 3 is 2.76 bits per heavy atom. The number of para-hydroxylation sites is 1. The molecule has 0 aliphatic heterocycles. The Balaban J connectivity index is 2.06. The summed E-state index contributed by atoms with van der Waals surface area (Å²) in [5, 5.41) is 0. The first kappa shape index (κ1) is 14.5. The lowest BCUT2D eigenvalue weighted by Gasteiger charge is -2.07. The van der Waals surface area contributed by atoms with Gasteiger partial charge in [-0.05, 0) is 30.7 Å². The molecule has 0 spiro atoms. The molecule has 2 aromatic heterocycles. The van der Waals surface area contributed by atoms with Crippen LogP contribution in [0.3, 0.4) is 0 Å². The fourth-order valence-electron chi connectivity index (χ4n) is 2.47. The lowest BCUT2D eigenvalue weighted by molar-refractivity contribution is 0.637. The highest BCUT2D eigenvalue weighted by Crippen LogP contribution is 2.24. The number of alkyl halides is 1. The summed E-state index contributed by atoms with van der Waals surface area (Å²) in [6.07, 6.45) is 1.68. The van der Waals surface area contributed by atoms with Gasteiger partial charge in [-0.1, -0.05) is 13.0 Å². The van der Waals surface area contributed by atoms with Crippen LogP contribution in [0.25, 0.3) is 11.0 Å². The smallest absolute Gasteiger partial charge is 0.151 e. The lowest BCUT2D eigenvalue weighted by atomic mass is 10.3. The van der Waals surface area contributed by atoms with Crippen molar-refractivity contribution in [3.05, 3.63) is 51.7 Å². The van der Waals surface area contributed by atoms with Crippen LogP contribution in [-0.2, 0) is 19.4 Å². The molecule has 2 nitrogen and oxygen atoms in total. The number of benzene rings is 1. The zero-order valence-electron chi connectivity index (χ0n) is 11.8. The van der Waals surface area contributed by atoms with Gasteiger partial charge in [0.05, 0.1) is 12.1 Å². The Labute approximate surface area is 132 Å². The second kappa shape index (κ2) is 6.16. The van der Waals surface area contributed by atoms with E-state index < -0.39 is 0 Å². The van der Waals surface area contributed by atoms with Gasteiger partial charge >= 0.3 is 0 Å². The first-order chi connectivity index (χ1) is 10.2. The molecule has 0 aliphatic rings. The number of rotatable bonds is 5. The number of nitrogens with zero attached hydrogens (tertiary/aromatic N) is 2. The van der Waals surface area contributed by atoms with Crippen molar-refractivity contribution in [3.63, 3.8) is 0 Å². The summed E-state index contributed by atoms with van der Waals surface area (Å²) in [6, 6.07) is 9.38. The molecule has 3 rings (SSSR count). The Morgan fingerprint density at radius 2 is 2.05 bits per heavy atom. The topological polar surface area (TPSA) is 17.8 Å². The van der Waals surface area contributed by atoms with Gasteiger partial charge in [0, 0.05) is 22.1 Å². The van der Waals surface area contributed by atoms with E-state index in [2.05, 4.69) is 28.6 Å². The van der Waals surface area contributed by atoms with E-state index in [1.165, 1.54) is 15.8 Å². The Bertz CT molecular complexity index is 763. The predicted octanol–water partition coefficient (Wildman–Crippen LogP) is 4.63. The summed E-state index contributed by atoms with van der Waals surface area (Å²) < 4.78 is 16.0. The molecular formula is C16H16ClFN2S. The normalized spacial score (nSPS) is 11.4. The SMILES string of the molecule is CCc1ccc(Cn2c(CCCl)nc3c(F)cccc32)s1. The zero-order chi connectivity index (χ0) is 14.8. The first-order valence-electron chi connectivity index (χ1n) is 7.00. The minimum Gasteiger partial charge on any atom is -0.323 e. The molecule has 1 aromatic carbocycles. The van der Waals surface area contributed by atoms with Gasteiger partial charge in [0.15, 0.2) is 5.82 Å². The lowest BCUT2D eigenvalue weighted by Crippen LogP contribution is -2.04. The van der Waals surface area contributed by atoms with Gasteiger partial charge in [0.1, 0.15) is 11.3 Å². The molecule has 0 bridgehead atoms. The van der Waals surface area contributed by atoms with E-state index in [1.807, 2.05) is 6.07 Å². The molecule has 5 heteroatoms. The molecule has 3 aromatic rings. The van der Waals surface area contributed by atoms with Crippen molar-refractivity contribution in [2.45, 2.75) is 26.3 Å². The fraction of sp³-hybridized carbons (Fsp3) is 0.312. The molecule has 21 heavy (non-hydrogen) atoms. The predicted molar refractivity (Wildman–Crippen MR) is 86.9 cm³/mol. The van der Waals surface area contributed by atoms with E-state index in [1.54, 1.807) is 17.4 Å². The Morgan fingerprint density at radius 1 is 1.24 bits per heavy atom. The van der Waals surface area contributed by atoms with Gasteiger partial charge in [-0.15, -0.1) is 22.9 Å². The highest BCUT2D eigenvalue weighted by atomic mass is 35.5. The van der Waals surface area contributed by atoms with Crippen LogP contribution < -0.4 is 0 Å². The van der Waals surface area contributed by atoms with Crippen molar-refractivity contribution >= 4 is 34.0 Å². The van der Waals surface area contributed by atoms with Crippen LogP contribution in [0, 0.1) is 5.82 Å². The number of halogens is 2. The Kier molecular flexibility index (Phi) is 4.27. The summed E-state index contributed by atoms with van der Waals surface area (Å²) in [5.41, 5.74) is 1.27. The van der Waals surface area contributed by atoms with Crippen molar-refractivity contribution in [1.29, 1.82) is 0 Å². The van der Waals surface area contributed by atoms with E-state index in [0.29, 0.717) is 17.8 Å². The highest BCUT2D eigenvalue weighted by Gasteiger charge is 2.14. The number of aromatic nitrogens is 2. The number of fused-ring (bicyclic) bond motifs is 1. The average molecular weight is 323 g/mol. The van der Waals surface area contributed by atoms with Crippen molar-refractivity contribution in [2.24, 2.45) is 0 Å². The van der Waals surface area contributed by atoms with Crippen LogP contribution in [-0.4, -0.2) is 15.4 Å². The van der Waals surface area contributed by atoms with Crippen molar-refractivity contribution in [2.75, 3.05) is 5.88 Å². The minimum atomic E-state index is -0.275. The van der Waals surface area contributed by atoms with E-state index in [-0.39, 0.29) is 5.82 Å². The summed E-state index contributed by atoms with van der Waals surface area (Å²) >= 11 is 7.66. The second-order valence-corrected chi connectivity index (χ2v) is 6.51. The van der Waals surface area contributed by atoms with E-state index in [0.717, 1.165) is 24.3 Å². The molecule has 0 radical (unpaired) electrons. The first-order valence-corrected chi connectivity index (χ1v) is 8.35. The Hall–Kier alpha value is -1.39. The van der Waals surface area contributed by atoms with Crippen molar-refractivity contribution in [3.8, 4) is 0 Å². The maximum atomic E-state index is 13.9. The van der Waals surface area contributed by atoms with Crippen LogP contribution >= 0.6 is 22.9 Å². The van der Waals surface area contributed by atoms with Crippen molar-refractivity contribution < 1.29 is 4.39 Å². The molecule has 0 saturated carbocycles. The highest BCUT2D eigenvalue weighted by molar-refractivity contribution is 7.11. The largest absolute Gasteiger partial charge is 0.323 e. The van der Waals surface area contributed by atoms with Gasteiger partial charge in [-0.3, -0.25) is 0 Å². The van der Waals surface area contributed by atoms with E-state index >= 15 is 0 Å². The molecule has 0 unspecified atom stereocenters. The standard InChI is InChI=1S/C16H16ClFN2S/c1-2-11-6-7-12(21-11)10-20-14-5-3-4-13(18)16(14)19-15(20)8-9-17/h3-7H,2,8-10H2,1H3. The molecule has 0 fully saturated rings. The molecule has 110 valence electrons. The van der Waals surface area contributed by atoms with Crippen LogP contribution in [0.2, 0.25) is 0 Å². The average Bonchev–Trinajstić information content (AvgIpc) is 3.07. The molecule has 0 aliphatic carbocycles. The minimum absolute atomic E-state index is 0.275. The van der Waals surface area contributed by atoms with Gasteiger partial charge in [-0.25, -0.2) is 9.37 Å². The molecule has 0 N–H and O–H groups in total. The summed E-state index contributed by atoms with van der Waals surface area (Å²) in [5.74, 6) is 1.05. The third-order valence-corrected chi connectivity index (χ3v) is 4.91. The third kappa shape index (κ3) is 2.83. The molecule has 0 amide bonds. The van der Waals surface area contributed by atoms with Gasteiger partial charge < -0.3 is 4.57 Å². The van der Waals surface area contributed by atoms with Crippen LogP contribution in [0.4, 0.5) is 4.39 Å². The summed E-state index contributed by atoms with van der Waals surface area (Å²) in [6.45, 7) is 2.87. The third-order valence-electron chi connectivity index (χ3n) is 3.51. The molecular weight excluding hydrogens is 307 g/mol. The monoisotopic (exact) mass is 322 g/mol. The van der Waals surface area contributed by atoms with Gasteiger partial charge in [-0.2, -0.15) is 0 Å². The molecule has 0 atom stereocenters. The van der Waals surface area contributed by atoms with Crippen LogP contribution in [0.5, 0.6) is 0 Å². The van der Waals surface area contributed by atoms with Crippen molar-refractivity contribution in [1.82, 2.24) is 9.55 Å². The molecule has 0 saturated heterocycles.